The molecule has 0 bridgehead atoms. The van der Waals surface area contributed by atoms with Crippen LogP contribution in [0.25, 0.3) is 0 Å². The Kier molecular flexibility index (Phi) is 4.60. The first kappa shape index (κ1) is 15.1. The van der Waals surface area contributed by atoms with Crippen molar-refractivity contribution in [2.75, 3.05) is 5.32 Å². The second kappa shape index (κ2) is 6.41. The molecule has 2 aromatic rings. The van der Waals surface area contributed by atoms with E-state index >= 15 is 0 Å². The maximum atomic E-state index is 12.2. The first-order valence-electron chi connectivity index (χ1n) is 6.88. The van der Waals surface area contributed by atoms with Gasteiger partial charge in [-0.15, -0.1) is 0 Å². The number of rotatable bonds is 4. The maximum Gasteiger partial charge on any atom is 0.241 e. The van der Waals surface area contributed by atoms with Gasteiger partial charge in [0.1, 0.15) is 5.75 Å². The summed E-state index contributed by atoms with van der Waals surface area (Å²) in [5, 5.41) is 12.1. The molecule has 1 atom stereocenters. The molecule has 4 heteroatoms. The molecular weight excluding hydrogens is 264 g/mol. The number of anilines is 1. The van der Waals surface area contributed by atoms with E-state index in [4.69, 9.17) is 5.73 Å². The summed E-state index contributed by atoms with van der Waals surface area (Å²) in [7, 11) is 0. The van der Waals surface area contributed by atoms with Crippen LogP contribution in [0.3, 0.4) is 0 Å². The van der Waals surface area contributed by atoms with Gasteiger partial charge >= 0.3 is 0 Å². The first-order chi connectivity index (χ1) is 9.97. The van der Waals surface area contributed by atoms with Crippen molar-refractivity contribution in [1.82, 2.24) is 0 Å². The number of hydrogen-bond acceptors (Lipinski definition) is 3. The van der Waals surface area contributed by atoms with Crippen molar-refractivity contribution in [2.24, 2.45) is 5.73 Å². The van der Waals surface area contributed by atoms with Gasteiger partial charge in [-0.25, -0.2) is 0 Å². The molecule has 0 aliphatic carbocycles. The highest BCUT2D eigenvalue weighted by Gasteiger charge is 2.15. The quantitative estimate of drug-likeness (QED) is 0.807. The number of carbonyl (C=O) groups is 1. The number of nitrogens with one attached hydrogen (secondary N) is 1. The van der Waals surface area contributed by atoms with Crippen molar-refractivity contribution in [1.29, 1.82) is 0 Å². The molecule has 0 radical (unpaired) electrons. The predicted octanol–water partition coefficient (Wildman–Crippen LogP) is 2.52. The number of phenols is 1. The van der Waals surface area contributed by atoms with Gasteiger partial charge in [-0.1, -0.05) is 24.3 Å². The molecule has 2 aromatic carbocycles. The van der Waals surface area contributed by atoms with Gasteiger partial charge < -0.3 is 16.2 Å². The third kappa shape index (κ3) is 3.83. The molecule has 21 heavy (non-hydrogen) atoms. The molecule has 110 valence electrons. The van der Waals surface area contributed by atoms with Crippen molar-refractivity contribution in [3.8, 4) is 5.75 Å². The van der Waals surface area contributed by atoms with Crippen molar-refractivity contribution < 1.29 is 9.90 Å². The molecule has 0 saturated carbocycles. The van der Waals surface area contributed by atoms with E-state index in [1.165, 1.54) is 0 Å². The lowest BCUT2D eigenvalue weighted by molar-refractivity contribution is -0.117. The molecule has 0 aliphatic rings. The van der Waals surface area contributed by atoms with Crippen LogP contribution in [0.4, 0.5) is 5.69 Å². The van der Waals surface area contributed by atoms with E-state index in [2.05, 4.69) is 5.32 Å². The summed E-state index contributed by atoms with van der Waals surface area (Å²) in [6, 6.07) is 11.9. The number of amides is 1. The molecule has 0 spiro atoms. The lowest BCUT2D eigenvalue weighted by atomic mass is 10.0. The molecule has 0 fully saturated rings. The molecule has 4 N–H and O–H groups in total. The average molecular weight is 284 g/mol. The fraction of sp³-hybridized carbons (Fsp3) is 0.235. The van der Waals surface area contributed by atoms with Crippen molar-refractivity contribution in [2.45, 2.75) is 26.3 Å². The highest BCUT2D eigenvalue weighted by Crippen LogP contribution is 2.18. The summed E-state index contributed by atoms with van der Waals surface area (Å²) in [6.45, 7) is 3.97. The van der Waals surface area contributed by atoms with Crippen LogP contribution >= 0.6 is 0 Å². The molecule has 0 saturated heterocycles. The highest BCUT2D eigenvalue weighted by molar-refractivity contribution is 5.95. The van der Waals surface area contributed by atoms with E-state index in [-0.39, 0.29) is 11.7 Å². The van der Waals surface area contributed by atoms with Gasteiger partial charge in [-0.2, -0.15) is 0 Å². The molecule has 1 unspecified atom stereocenters. The Morgan fingerprint density at radius 2 is 1.86 bits per heavy atom. The molecule has 0 aliphatic heterocycles. The van der Waals surface area contributed by atoms with Gasteiger partial charge in [0.15, 0.2) is 0 Å². The highest BCUT2D eigenvalue weighted by atomic mass is 16.3. The summed E-state index contributed by atoms with van der Waals surface area (Å²) in [4.78, 5) is 12.2. The van der Waals surface area contributed by atoms with Crippen molar-refractivity contribution >= 4 is 11.6 Å². The van der Waals surface area contributed by atoms with Crippen molar-refractivity contribution in [3.05, 3.63) is 59.2 Å². The van der Waals surface area contributed by atoms with E-state index < -0.39 is 6.04 Å². The third-order valence-electron chi connectivity index (χ3n) is 3.59. The van der Waals surface area contributed by atoms with Crippen LogP contribution in [0.5, 0.6) is 5.75 Å². The Morgan fingerprint density at radius 3 is 2.52 bits per heavy atom. The standard InChI is InChI=1S/C17H20N2O2/c1-11-4-3-5-16(12(11)2)19-17(21)15(18)10-13-6-8-14(20)9-7-13/h3-9,15,20H,10,18H2,1-2H3,(H,19,21). The fourth-order valence-corrected chi connectivity index (χ4v) is 2.09. The van der Waals surface area contributed by atoms with Crippen LogP contribution in [0, 0.1) is 13.8 Å². The van der Waals surface area contributed by atoms with E-state index in [0.29, 0.717) is 6.42 Å². The fourth-order valence-electron chi connectivity index (χ4n) is 2.09. The number of hydrogen-bond donors (Lipinski definition) is 3. The summed E-state index contributed by atoms with van der Waals surface area (Å²) in [5.74, 6) is -0.0102. The van der Waals surface area contributed by atoms with Gasteiger partial charge in [0.25, 0.3) is 0 Å². The Balaban J connectivity index is 2.02. The lowest BCUT2D eigenvalue weighted by Crippen LogP contribution is -2.37. The van der Waals surface area contributed by atoms with E-state index in [0.717, 1.165) is 22.4 Å². The number of aryl methyl sites for hydroxylation is 1. The summed E-state index contributed by atoms with van der Waals surface area (Å²) in [6.07, 6.45) is 0.428. The van der Waals surface area contributed by atoms with Gasteiger partial charge in [0.2, 0.25) is 5.91 Å². The first-order valence-corrected chi connectivity index (χ1v) is 6.88. The van der Waals surface area contributed by atoms with E-state index in [1.807, 2.05) is 32.0 Å². The van der Waals surface area contributed by atoms with E-state index in [1.54, 1.807) is 24.3 Å². The summed E-state index contributed by atoms with van der Waals surface area (Å²) in [5.41, 5.74) is 9.82. The van der Waals surface area contributed by atoms with Crippen LogP contribution in [0.1, 0.15) is 16.7 Å². The monoisotopic (exact) mass is 284 g/mol. The molecule has 4 nitrogen and oxygen atoms in total. The number of phenolic OH excluding ortho intramolecular Hbond substituents is 1. The largest absolute Gasteiger partial charge is 0.508 e. The van der Waals surface area contributed by atoms with Crippen LogP contribution in [0.15, 0.2) is 42.5 Å². The Morgan fingerprint density at radius 1 is 1.19 bits per heavy atom. The molecular formula is C17H20N2O2. The van der Waals surface area contributed by atoms with Crippen molar-refractivity contribution in [3.63, 3.8) is 0 Å². The number of aromatic hydroxyl groups is 1. The van der Waals surface area contributed by atoms with Crippen LogP contribution in [-0.4, -0.2) is 17.1 Å². The number of carbonyl (C=O) groups excluding carboxylic acids is 1. The van der Waals surface area contributed by atoms with Gasteiger partial charge in [-0.3, -0.25) is 4.79 Å². The minimum absolute atomic E-state index is 0.201. The third-order valence-corrected chi connectivity index (χ3v) is 3.59. The van der Waals surface area contributed by atoms with Crippen LogP contribution in [-0.2, 0) is 11.2 Å². The minimum atomic E-state index is -0.630. The van der Waals surface area contributed by atoms with Crippen LogP contribution in [0.2, 0.25) is 0 Å². The van der Waals surface area contributed by atoms with Crippen LogP contribution < -0.4 is 11.1 Å². The second-order valence-electron chi connectivity index (χ2n) is 5.21. The van der Waals surface area contributed by atoms with E-state index in [9.17, 15) is 9.90 Å². The number of nitrogens with two attached hydrogens (primary N) is 1. The Labute approximate surface area is 124 Å². The SMILES string of the molecule is Cc1cccc(NC(=O)C(N)Cc2ccc(O)cc2)c1C. The minimum Gasteiger partial charge on any atom is -0.508 e. The summed E-state index contributed by atoms with van der Waals surface area (Å²) >= 11 is 0. The predicted molar refractivity (Wildman–Crippen MR) is 84.3 cm³/mol. The Hall–Kier alpha value is -2.33. The van der Waals surface area contributed by atoms with Gasteiger partial charge in [-0.05, 0) is 55.2 Å². The zero-order chi connectivity index (χ0) is 15.4. The summed E-state index contributed by atoms with van der Waals surface area (Å²) < 4.78 is 0. The zero-order valence-corrected chi connectivity index (χ0v) is 12.3. The molecule has 2 rings (SSSR count). The zero-order valence-electron chi connectivity index (χ0n) is 12.3. The second-order valence-corrected chi connectivity index (χ2v) is 5.21. The molecule has 1 amide bonds. The van der Waals surface area contributed by atoms with Gasteiger partial charge in [0.05, 0.1) is 6.04 Å². The smallest absolute Gasteiger partial charge is 0.241 e. The maximum absolute atomic E-state index is 12.2. The molecule has 0 heterocycles. The average Bonchev–Trinajstić information content (AvgIpc) is 2.46. The number of benzene rings is 2. The lowest BCUT2D eigenvalue weighted by Gasteiger charge is -2.15. The normalized spacial score (nSPS) is 12.0. The van der Waals surface area contributed by atoms with Gasteiger partial charge in [0, 0.05) is 5.69 Å². The molecule has 0 aromatic heterocycles. The Bertz CT molecular complexity index is 636. The topological polar surface area (TPSA) is 75.4 Å².